The summed E-state index contributed by atoms with van der Waals surface area (Å²) in [6, 6.07) is 0. The Morgan fingerprint density at radius 3 is 2.70 bits per heavy atom. The Kier molecular flexibility index (Phi) is 6.08. The number of amides is 3. The summed E-state index contributed by atoms with van der Waals surface area (Å²) >= 11 is 0. The molecule has 3 N–H and O–H groups in total. The standard InChI is InChI=1S/C20H29N3O7/c1-2-29-20(28)22-21-13-8-14(24)17(25)15-11(13)5-6-12-16(15)19(27)23(18(12)26)9-10-4-3-7-30-10/h10-12,14-17,24-25H,2-9H2,1H3,(H,22,28)/t10-,11+,12+,14+,15-,16+,17+/m0/s1. The number of imide groups is 1. The number of ether oxygens (including phenoxy) is 2. The predicted molar refractivity (Wildman–Crippen MR) is 103 cm³/mol. The molecule has 166 valence electrons. The average Bonchev–Trinajstić information content (AvgIpc) is 3.32. The summed E-state index contributed by atoms with van der Waals surface area (Å²) in [7, 11) is 0. The molecule has 4 rings (SSSR count). The van der Waals surface area contributed by atoms with Gasteiger partial charge in [-0.25, -0.2) is 10.2 Å². The first kappa shape index (κ1) is 21.2. The molecule has 2 saturated carbocycles. The van der Waals surface area contributed by atoms with Crippen molar-refractivity contribution < 1.29 is 34.1 Å². The summed E-state index contributed by atoms with van der Waals surface area (Å²) in [5.41, 5.74) is 2.83. The molecule has 0 aromatic heterocycles. The lowest BCUT2D eigenvalue weighted by Crippen LogP contribution is -2.55. The van der Waals surface area contributed by atoms with Crippen LogP contribution in [0, 0.1) is 23.7 Å². The fraction of sp³-hybridized carbons (Fsp3) is 0.800. The molecule has 3 amide bonds. The van der Waals surface area contributed by atoms with Crippen LogP contribution in [0.15, 0.2) is 5.10 Å². The van der Waals surface area contributed by atoms with Gasteiger partial charge < -0.3 is 19.7 Å². The second kappa shape index (κ2) is 8.60. The van der Waals surface area contributed by atoms with E-state index < -0.39 is 36.1 Å². The number of fused-ring (bicyclic) bond motifs is 3. The second-order valence-electron chi connectivity index (χ2n) is 8.51. The highest BCUT2D eigenvalue weighted by Gasteiger charge is 2.59. The molecular formula is C20H29N3O7. The van der Waals surface area contributed by atoms with E-state index in [4.69, 9.17) is 9.47 Å². The van der Waals surface area contributed by atoms with Crippen LogP contribution >= 0.6 is 0 Å². The molecule has 2 aliphatic heterocycles. The van der Waals surface area contributed by atoms with Crippen LogP contribution in [0.4, 0.5) is 4.79 Å². The van der Waals surface area contributed by atoms with E-state index in [0.717, 1.165) is 12.8 Å². The van der Waals surface area contributed by atoms with Crippen LogP contribution in [-0.2, 0) is 19.1 Å². The maximum atomic E-state index is 13.2. The Morgan fingerprint density at radius 2 is 2.00 bits per heavy atom. The number of nitrogens with zero attached hydrogens (tertiary/aromatic N) is 2. The molecular weight excluding hydrogens is 394 g/mol. The van der Waals surface area contributed by atoms with E-state index in [1.54, 1.807) is 6.92 Å². The Hall–Kier alpha value is -2.04. The zero-order chi connectivity index (χ0) is 21.4. The number of aliphatic hydroxyl groups is 2. The maximum absolute atomic E-state index is 13.2. The molecule has 10 nitrogen and oxygen atoms in total. The predicted octanol–water partition coefficient (Wildman–Crippen LogP) is 0.0204. The van der Waals surface area contributed by atoms with Gasteiger partial charge in [-0.3, -0.25) is 14.5 Å². The summed E-state index contributed by atoms with van der Waals surface area (Å²) in [4.78, 5) is 39.1. The van der Waals surface area contributed by atoms with Gasteiger partial charge in [0.05, 0.1) is 43.3 Å². The summed E-state index contributed by atoms with van der Waals surface area (Å²) < 4.78 is 10.4. The lowest BCUT2D eigenvalue weighted by Gasteiger charge is -2.45. The molecule has 0 unspecified atom stereocenters. The monoisotopic (exact) mass is 423 g/mol. The number of likely N-dealkylation sites (tertiary alicyclic amines) is 1. The molecule has 0 aromatic carbocycles. The molecule has 2 heterocycles. The summed E-state index contributed by atoms with van der Waals surface area (Å²) in [6.45, 7) is 2.75. The normalized spacial score (nSPS) is 39.8. The minimum absolute atomic E-state index is 0.0912. The summed E-state index contributed by atoms with van der Waals surface area (Å²) in [5, 5.41) is 25.3. The smallest absolute Gasteiger partial charge is 0.427 e. The molecule has 30 heavy (non-hydrogen) atoms. The van der Waals surface area contributed by atoms with E-state index in [9.17, 15) is 24.6 Å². The van der Waals surface area contributed by atoms with Crippen molar-refractivity contribution in [1.82, 2.24) is 10.3 Å². The van der Waals surface area contributed by atoms with Gasteiger partial charge >= 0.3 is 6.09 Å². The molecule has 4 aliphatic rings. The first-order valence-electron chi connectivity index (χ1n) is 10.7. The lowest BCUT2D eigenvalue weighted by molar-refractivity contribution is -0.143. The fourth-order valence-corrected chi connectivity index (χ4v) is 5.52. The number of rotatable bonds is 4. The Bertz CT molecular complexity index is 736. The van der Waals surface area contributed by atoms with Gasteiger partial charge in [0, 0.05) is 30.6 Å². The van der Waals surface area contributed by atoms with Gasteiger partial charge in [0.2, 0.25) is 11.8 Å². The van der Waals surface area contributed by atoms with Crippen LogP contribution in [-0.4, -0.2) is 76.8 Å². The molecule has 10 heteroatoms. The molecule has 7 atom stereocenters. The van der Waals surface area contributed by atoms with Crippen molar-refractivity contribution in [2.75, 3.05) is 19.8 Å². The van der Waals surface area contributed by atoms with E-state index >= 15 is 0 Å². The van der Waals surface area contributed by atoms with Crippen molar-refractivity contribution in [2.45, 2.75) is 57.3 Å². The van der Waals surface area contributed by atoms with Crippen molar-refractivity contribution in [3.63, 3.8) is 0 Å². The zero-order valence-corrected chi connectivity index (χ0v) is 17.0. The van der Waals surface area contributed by atoms with Crippen LogP contribution in [0.5, 0.6) is 0 Å². The number of aliphatic hydroxyl groups excluding tert-OH is 2. The SMILES string of the molecule is CCOC(=O)NN=C1C[C@@H](O)[C@@H](O)[C@@H]2[C@@H]3C(=O)N(C[C@@H]4CCCO4)C(=O)[C@@H]3CC[C@H]12. The lowest BCUT2D eigenvalue weighted by atomic mass is 9.60. The average molecular weight is 423 g/mol. The third-order valence-corrected chi connectivity index (χ3v) is 6.85. The second-order valence-corrected chi connectivity index (χ2v) is 8.51. The molecule has 0 radical (unpaired) electrons. The van der Waals surface area contributed by atoms with Crippen LogP contribution in [0.3, 0.4) is 0 Å². The molecule has 4 fully saturated rings. The number of hydrazone groups is 1. The van der Waals surface area contributed by atoms with E-state index in [0.29, 0.717) is 25.2 Å². The van der Waals surface area contributed by atoms with Crippen LogP contribution in [0.1, 0.15) is 39.0 Å². The van der Waals surface area contributed by atoms with Gasteiger partial charge in [0.25, 0.3) is 0 Å². The van der Waals surface area contributed by atoms with Crippen molar-refractivity contribution >= 4 is 23.6 Å². The molecule has 2 aliphatic carbocycles. The Labute approximate surface area is 174 Å². The van der Waals surface area contributed by atoms with Gasteiger partial charge in [-0.15, -0.1) is 0 Å². The Morgan fingerprint density at radius 1 is 1.23 bits per heavy atom. The van der Waals surface area contributed by atoms with Crippen molar-refractivity contribution in [3.8, 4) is 0 Å². The zero-order valence-electron chi connectivity index (χ0n) is 17.0. The third kappa shape index (κ3) is 3.72. The van der Waals surface area contributed by atoms with Gasteiger partial charge in [-0.05, 0) is 32.6 Å². The van der Waals surface area contributed by atoms with E-state index in [1.165, 1.54) is 4.90 Å². The topological polar surface area (TPSA) is 138 Å². The molecule has 2 saturated heterocycles. The third-order valence-electron chi connectivity index (χ3n) is 6.85. The quantitative estimate of drug-likeness (QED) is 0.428. The number of carbonyl (C=O) groups is 3. The minimum Gasteiger partial charge on any atom is -0.449 e. The number of hydrogen-bond donors (Lipinski definition) is 3. The number of hydrogen-bond acceptors (Lipinski definition) is 8. The van der Waals surface area contributed by atoms with E-state index in [-0.39, 0.29) is 43.4 Å². The van der Waals surface area contributed by atoms with Gasteiger partial charge in [0.15, 0.2) is 0 Å². The van der Waals surface area contributed by atoms with E-state index in [2.05, 4.69) is 10.5 Å². The molecule has 0 bridgehead atoms. The highest BCUT2D eigenvalue weighted by atomic mass is 16.5. The van der Waals surface area contributed by atoms with Crippen molar-refractivity contribution in [1.29, 1.82) is 0 Å². The molecule has 0 aromatic rings. The highest BCUT2D eigenvalue weighted by Crippen LogP contribution is 2.49. The fourth-order valence-electron chi connectivity index (χ4n) is 5.52. The summed E-state index contributed by atoms with van der Waals surface area (Å²) in [5.74, 6) is -2.64. The van der Waals surface area contributed by atoms with Crippen LogP contribution in [0.2, 0.25) is 0 Å². The Balaban J connectivity index is 1.56. The van der Waals surface area contributed by atoms with Crippen LogP contribution < -0.4 is 5.43 Å². The minimum atomic E-state index is -1.14. The first-order chi connectivity index (χ1) is 14.4. The van der Waals surface area contributed by atoms with Crippen LogP contribution in [0.25, 0.3) is 0 Å². The number of carbonyl (C=O) groups excluding carboxylic acids is 3. The maximum Gasteiger partial charge on any atom is 0.427 e. The van der Waals surface area contributed by atoms with Crippen molar-refractivity contribution in [3.05, 3.63) is 0 Å². The van der Waals surface area contributed by atoms with Crippen molar-refractivity contribution in [2.24, 2.45) is 28.8 Å². The molecule has 0 spiro atoms. The first-order valence-corrected chi connectivity index (χ1v) is 10.7. The van der Waals surface area contributed by atoms with Gasteiger partial charge in [-0.2, -0.15) is 5.10 Å². The van der Waals surface area contributed by atoms with Gasteiger partial charge in [0.1, 0.15) is 0 Å². The highest BCUT2D eigenvalue weighted by molar-refractivity contribution is 6.06. The van der Waals surface area contributed by atoms with E-state index in [1.807, 2.05) is 0 Å². The largest absolute Gasteiger partial charge is 0.449 e. The summed E-state index contributed by atoms with van der Waals surface area (Å²) in [6.07, 6.45) is -0.231. The van der Waals surface area contributed by atoms with Gasteiger partial charge in [-0.1, -0.05) is 0 Å². The number of nitrogens with one attached hydrogen (secondary N) is 1.